The van der Waals surface area contributed by atoms with Gasteiger partial charge in [0.05, 0.1) is 0 Å². The van der Waals surface area contributed by atoms with Gasteiger partial charge in [0.2, 0.25) is 5.91 Å². The third-order valence-corrected chi connectivity index (χ3v) is 3.19. The van der Waals surface area contributed by atoms with Crippen LogP contribution in [0.15, 0.2) is 11.8 Å². The molecule has 19 heavy (non-hydrogen) atoms. The number of hydrogen-bond acceptors (Lipinski definition) is 5. The quantitative estimate of drug-likeness (QED) is 0.484. The van der Waals surface area contributed by atoms with Crippen molar-refractivity contribution in [1.29, 1.82) is 0 Å². The number of amides is 2. The van der Waals surface area contributed by atoms with Crippen molar-refractivity contribution in [3.63, 3.8) is 0 Å². The Labute approximate surface area is 110 Å². The van der Waals surface area contributed by atoms with Crippen LogP contribution >= 0.6 is 0 Å². The Bertz CT molecular complexity index is 396. The molecule has 0 bridgehead atoms. The van der Waals surface area contributed by atoms with Crippen LogP contribution in [0.25, 0.3) is 0 Å². The predicted molar refractivity (Wildman–Crippen MR) is 64.8 cm³/mol. The molecule has 7 heteroatoms. The second-order valence-electron chi connectivity index (χ2n) is 4.71. The van der Waals surface area contributed by atoms with Crippen molar-refractivity contribution in [3.05, 3.63) is 11.8 Å². The zero-order valence-electron chi connectivity index (χ0n) is 10.5. The lowest BCUT2D eigenvalue weighted by molar-refractivity contribution is -0.129. The van der Waals surface area contributed by atoms with Gasteiger partial charge in [-0.2, -0.15) is 0 Å². The largest absolute Gasteiger partial charge is 0.485 e. The number of aliphatic hydroxyl groups is 2. The molecule has 2 aliphatic rings. The molecule has 1 saturated heterocycles. The molecule has 0 radical (unpaired) electrons. The van der Waals surface area contributed by atoms with E-state index in [4.69, 9.17) is 4.74 Å². The van der Waals surface area contributed by atoms with Crippen molar-refractivity contribution in [2.24, 2.45) is 0 Å². The van der Waals surface area contributed by atoms with Crippen LogP contribution < -0.4 is 10.6 Å². The number of rotatable bonds is 2. The summed E-state index contributed by atoms with van der Waals surface area (Å²) in [5.41, 5.74) is 0. The zero-order chi connectivity index (χ0) is 13.8. The molecule has 0 aromatic rings. The molecule has 2 unspecified atom stereocenters. The lowest BCUT2D eigenvalue weighted by Gasteiger charge is -2.24. The van der Waals surface area contributed by atoms with E-state index >= 15 is 0 Å². The van der Waals surface area contributed by atoms with Gasteiger partial charge in [-0.15, -0.1) is 0 Å². The molecule has 0 aromatic heterocycles. The fourth-order valence-corrected chi connectivity index (χ4v) is 2.04. The van der Waals surface area contributed by atoms with Crippen LogP contribution in [0.1, 0.15) is 19.3 Å². The molecule has 7 nitrogen and oxygen atoms in total. The van der Waals surface area contributed by atoms with E-state index in [-0.39, 0.29) is 18.3 Å². The van der Waals surface area contributed by atoms with Crippen LogP contribution in [-0.4, -0.2) is 53.4 Å². The molecule has 2 amide bonds. The maximum absolute atomic E-state index is 11.9. The SMILES string of the molecule is O=C(N[C@H]1CCCCNC1=O)C1=CC(O)C(O)CO1. The first kappa shape index (κ1) is 13.8. The summed E-state index contributed by atoms with van der Waals surface area (Å²) in [6.45, 7) is 0.479. The number of ether oxygens (including phenoxy) is 1. The summed E-state index contributed by atoms with van der Waals surface area (Å²) in [5, 5.41) is 24.0. The molecule has 2 heterocycles. The summed E-state index contributed by atoms with van der Waals surface area (Å²) in [6, 6.07) is -0.580. The van der Waals surface area contributed by atoms with Crippen LogP contribution in [0.4, 0.5) is 0 Å². The Morgan fingerprint density at radius 2 is 2.21 bits per heavy atom. The number of hydrogen-bond donors (Lipinski definition) is 4. The third kappa shape index (κ3) is 3.45. The average Bonchev–Trinajstić information content (AvgIpc) is 2.58. The van der Waals surface area contributed by atoms with Gasteiger partial charge in [-0.25, -0.2) is 0 Å². The topological polar surface area (TPSA) is 108 Å². The van der Waals surface area contributed by atoms with E-state index in [1.165, 1.54) is 0 Å². The highest BCUT2D eigenvalue weighted by Crippen LogP contribution is 2.13. The second-order valence-corrected chi connectivity index (χ2v) is 4.71. The van der Waals surface area contributed by atoms with Gasteiger partial charge in [-0.05, 0) is 25.3 Å². The van der Waals surface area contributed by atoms with Gasteiger partial charge in [0.15, 0.2) is 5.76 Å². The van der Waals surface area contributed by atoms with E-state index in [1.807, 2.05) is 0 Å². The summed E-state index contributed by atoms with van der Waals surface area (Å²) >= 11 is 0. The van der Waals surface area contributed by atoms with E-state index in [0.717, 1.165) is 18.9 Å². The van der Waals surface area contributed by atoms with E-state index in [2.05, 4.69) is 10.6 Å². The normalized spacial score (nSPS) is 31.6. The molecule has 2 rings (SSSR count). The van der Waals surface area contributed by atoms with Crippen LogP contribution in [0.5, 0.6) is 0 Å². The standard InChI is InChI=1S/C12H18N2O5/c15-8-5-10(19-6-9(8)16)12(18)14-7-3-1-2-4-13-11(7)17/h5,7-9,15-16H,1-4,6H2,(H,13,17)(H,14,18)/t7-,8?,9?/m0/s1. The molecule has 0 aliphatic carbocycles. The number of nitrogens with one attached hydrogen (secondary N) is 2. The Balaban J connectivity index is 1.96. The fraction of sp³-hybridized carbons (Fsp3) is 0.667. The van der Waals surface area contributed by atoms with Crippen LogP contribution in [-0.2, 0) is 14.3 Å². The highest BCUT2D eigenvalue weighted by atomic mass is 16.5. The highest BCUT2D eigenvalue weighted by Gasteiger charge is 2.28. The third-order valence-electron chi connectivity index (χ3n) is 3.19. The van der Waals surface area contributed by atoms with E-state index < -0.39 is 24.2 Å². The van der Waals surface area contributed by atoms with Gasteiger partial charge in [-0.1, -0.05) is 0 Å². The minimum atomic E-state index is -1.13. The van der Waals surface area contributed by atoms with Crippen molar-refractivity contribution in [3.8, 4) is 0 Å². The average molecular weight is 270 g/mol. The predicted octanol–water partition coefficient (Wildman–Crippen LogP) is -1.59. The Morgan fingerprint density at radius 1 is 1.42 bits per heavy atom. The summed E-state index contributed by atoms with van der Waals surface area (Å²) in [7, 11) is 0. The number of aliphatic hydroxyl groups excluding tert-OH is 2. The van der Waals surface area contributed by atoms with E-state index in [0.29, 0.717) is 13.0 Å². The smallest absolute Gasteiger partial charge is 0.286 e. The zero-order valence-corrected chi connectivity index (χ0v) is 10.5. The van der Waals surface area contributed by atoms with Gasteiger partial charge < -0.3 is 25.6 Å². The Hall–Kier alpha value is -1.60. The molecule has 106 valence electrons. The van der Waals surface area contributed by atoms with Gasteiger partial charge in [0.1, 0.15) is 24.9 Å². The van der Waals surface area contributed by atoms with Crippen LogP contribution in [0.3, 0.4) is 0 Å². The maximum atomic E-state index is 11.9. The fourth-order valence-electron chi connectivity index (χ4n) is 2.04. The van der Waals surface area contributed by atoms with Gasteiger partial charge in [0, 0.05) is 6.54 Å². The molecule has 0 aromatic carbocycles. The molecule has 4 N–H and O–H groups in total. The minimum absolute atomic E-state index is 0.0603. The molecular weight excluding hydrogens is 252 g/mol. The van der Waals surface area contributed by atoms with Crippen molar-refractivity contribution in [2.75, 3.05) is 13.2 Å². The van der Waals surface area contributed by atoms with Crippen molar-refractivity contribution in [1.82, 2.24) is 10.6 Å². The number of carbonyl (C=O) groups is 2. The van der Waals surface area contributed by atoms with E-state index in [9.17, 15) is 19.8 Å². The number of carbonyl (C=O) groups excluding carboxylic acids is 2. The molecule has 3 atom stereocenters. The van der Waals surface area contributed by atoms with Crippen molar-refractivity contribution in [2.45, 2.75) is 37.5 Å². The first-order chi connectivity index (χ1) is 9.08. The summed E-state index contributed by atoms with van der Waals surface area (Å²) in [6.07, 6.45) is 1.32. The van der Waals surface area contributed by atoms with E-state index in [1.54, 1.807) is 0 Å². The summed E-state index contributed by atoms with van der Waals surface area (Å²) in [4.78, 5) is 23.6. The summed E-state index contributed by atoms with van der Waals surface area (Å²) < 4.78 is 5.04. The Kier molecular flexibility index (Phi) is 4.39. The lowest BCUT2D eigenvalue weighted by atomic mass is 10.1. The molecule has 0 saturated carbocycles. The van der Waals surface area contributed by atoms with Gasteiger partial charge in [-0.3, -0.25) is 9.59 Å². The lowest BCUT2D eigenvalue weighted by Crippen LogP contribution is -2.47. The highest BCUT2D eigenvalue weighted by molar-refractivity contribution is 5.95. The van der Waals surface area contributed by atoms with Gasteiger partial charge >= 0.3 is 0 Å². The van der Waals surface area contributed by atoms with Crippen molar-refractivity contribution >= 4 is 11.8 Å². The molecule has 2 aliphatic heterocycles. The molecule has 1 fully saturated rings. The summed E-state index contributed by atoms with van der Waals surface area (Å²) in [5.74, 6) is -0.814. The Morgan fingerprint density at radius 3 is 2.95 bits per heavy atom. The molecular formula is C12H18N2O5. The minimum Gasteiger partial charge on any atom is -0.485 e. The van der Waals surface area contributed by atoms with Crippen LogP contribution in [0.2, 0.25) is 0 Å². The second kappa shape index (κ2) is 6.03. The first-order valence-corrected chi connectivity index (χ1v) is 6.37. The molecule has 0 spiro atoms. The maximum Gasteiger partial charge on any atom is 0.286 e. The van der Waals surface area contributed by atoms with Crippen LogP contribution in [0, 0.1) is 0 Å². The monoisotopic (exact) mass is 270 g/mol. The van der Waals surface area contributed by atoms with Gasteiger partial charge in [0.25, 0.3) is 5.91 Å². The van der Waals surface area contributed by atoms with Crippen molar-refractivity contribution < 1.29 is 24.5 Å². The first-order valence-electron chi connectivity index (χ1n) is 6.37.